The Morgan fingerprint density at radius 2 is 2.07 bits per heavy atom. The van der Waals surface area contributed by atoms with Gasteiger partial charge in [0.15, 0.2) is 6.10 Å². The molecular formula is C21H28N2O3S. The number of fused-ring (bicyclic) bond motifs is 1. The van der Waals surface area contributed by atoms with Crippen molar-refractivity contribution < 1.29 is 14.3 Å². The lowest BCUT2D eigenvalue weighted by atomic mass is 9.86. The van der Waals surface area contributed by atoms with Crippen molar-refractivity contribution in [3.8, 4) is 0 Å². The number of nitrogens with one attached hydrogen (secondary N) is 1. The van der Waals surface area contributed by atoms with Gasteiger partial charge in [0, 0.05) is 12.5 Å². The molecule has 0 bridgehead atoms. The minimum absolute atomic E-state index is 0.187. The van der Waals surface area contributed by atoms with E-state index in [-0.39, 0.29) is 17.9 Å². The van der Waals surface area contributed by atoms with Gasteiger partial charge in [-0.2, -0.15) is 0 Å². The highest BCUT2D eigenvalue weighted by Gasteiger charge is 2.26. The van der Waals surface area contributed by atoms with Crippen molar-refractivity contribution in [2.75, 3.05) is 0 Å². The summed E-state index contributed by atoms with van der Waals surface area (Å²) in [5, 5.41) is 4.07. The van der Waals surface area contributed by atoms with Crippen LogP contribution in [0.15, 0.2) is 24.3 Å². The van der Waals surface area contributed by atoms with Gasteiger partial charge in [-0.1, -0.05) is 31.9 Å². The quantitative estimate of drug-likeness (QED) is 0.720. The van der Waals surface area contributed by atoms with E-state index >= 15 is 0 Å². The highest BCUT2D eigenvalue weighted by atomic mass is 32.1. The topological polar surface area (TPSA) is 68.3 Å². The van der Waals surface area contributed by atoms with Gasteiger partial charge < -0.3 is 10.1 Å². The molecule has 2 aromatic rings. The van der Waals surface area contributed by atoms with Crippen LogP contribution in [-0.4, -0.2) is 29.0 Å². The molecular weight excluding hydrogens is 360 g/mol. The van der Waals surface area contributed by atoms with Gasteiger partial charge >= 0.3 is 5.97 Å². The number of benzene rings is 1. The van der Waals surface area contributed by atoms with Gasteiger partial charge in [0.1, 0.15) is 0 Å². The van der Waals surface area contributed by atoms with Crippen LogP contribution in [0.5, 0.6) is 0 Å². The number of carbonyl (C=O) groups is 2. The van der Waals surface area contributed by atoms with Crippen molar-refractivity contribution in [2.45, 2.75) is 70.9 Å². The maximum atomic E-state index is 12.3. The normalized spacial score (nSPS) is 21.0. The molecule has 5 nitrogen and oxygen atoms in total. The number of hydrogen-bond donors (Lipinski definition) is 1. The molecule has 0 radical (unpaired) electrons. The Balaban J connectivity index is 1.39. The number of aromatic nitrogens is 1. The summed E-state index contributed by atoms with van der Waals surface area (Å²) in [5.74, 6) is -0.0249. The third-order valence-electron chi connectivity index (χ3n) is 5.23. The van der Waals surface area contributed by atoms with E-state index in [0.29, 0.717) is 18.8 Å². The first-order valence-electron chi connectivity index (χ1n) is 9.87. The van der Waals surface area contributed by atoms with Crippen LogP contribution in [0.2, 0.25) is 0 Å². The highest BCUT2D eigenvalue weighted by Crippen LogP contribution is 2.24. The van der Waals surface area contributed by atoms with Crippen molar-refractivity contribution in [1.82, 2.24) is 10.3 Å². The summed E-state index contributed by atoms with van der Waals surface area (Å²) in [6, 6.07) is 8.23. The van der Waals surface area contributed by atoms with Gasteiger partial charge in [0.2, 0.25) is 0 Å². The Kier molecular flexibility index (Phi) is 6.83. The number of esters is 1. The highest BCUT2D eigenvalue weighted by molar-refractivity contribution is 7.18. The number of amides is 1. The summed E-state index contributed by atoms with van der Waals surface area (Å²) in [6.07, 6.45) is 5.51. The predicted molar refractivity (Wildman–Crippen MR) is 108 cm³/mol. The molecule has 1 aliphatic rings. The fourth-order valence-corrected chi connectivity index (χ4v) is 4.56. The molecule has 0 unspecified atom stereocenters. The fourth-order valence-electron chi connectivity index (χ4n) is 3.55. The van der Waals surface area contributed by atoms with Crippen LogP contribution in [-0.2, 0) is 20.7 Å². The number of hydrogen-bond acceptors (Lipinski definition) is 5. The van der Waals surface area contributed by atoms with Gasteiger partial charge in [-0.25, -0.2) is 4.98 Å². The summed E-state index contributed by atoms with van der Waals surface area (Å²) < 4.78 is 6.48. The molecule has 3 atom stereocenters. The van der Waals surface area contributed by atoms with Crippen LogP contribution in [0.1, 0.15) is 57.4 Å². The Hall–Kier alpha value is -1.95. The van der Waals surface area contributed by atoms with Crippen molar-refractivity contribution in [3.05, 3.63) is 29.3 Å². The van der Waals surface area contributed by atoms with E-state index in [9.17, 15) is 9.59 Å². The second-order valence-corrected chi connectivity index (χ2v) is 8.55. The van der Waals surface area contributed by atoms with E-state index in [4.69, 9.17) is 4.74 Å². The maximum absolute atomic E-state index is 12.3. The monoisotopic (exact) mass is 388 g/mol. The smallest absolute Gasteiger partial charge is 0.306 e. The van der Waals surface area contributed by atoms with E-state index in [1.54, 1.807) is 18.3 Å². The Morgan fingerprint density at radius 1 is 1.30 bits per heavy atom. The molecule has 1 N–H and O–H groups in total. The summed E-state index contributed by atoms with van der Waals surface area (Å²) >= 11 is 1.66. The first-order valence-corrected chi connectivity index (χ1v) is 10.7. The van der Waals surface area contributed by atoms with Gasteiger partial charge in [0.05, 0.1) is 15.2 Å². The third-order valence-corrected chi connectivity index (χ3v) is 6.32. The summed E-state index contributed by atoms with van der Waals surface area (Å²) in [4.78, 5) is 28.9. The third kappa shape index (κ3) is 5.51. The van der Waals surface area contributed by atoms with Gasteiger partial charge in [-0.15, -0.1) is 11.3 Å². The molecule has 0 spiro atoms. The molecule has 146 valence electrons. The zero-order valence-electron chi connectivity index (χ0n) is 16.1. The van der Waals surface area contributed by atoms with E-state index in [1.807, 2.05) is 18.2 Å². The molecule has 6 heteroatoms. The Labute approximate surface area is 164 Å². The zero-order chi connectivity index (χ0) is 19.2. The average Bonchev–Trinajstić information content (AvgIpc) is 3.06. The number of para-hydroxylation sites is 1. The van der Waals surface area contributed by atoms with Crippen LogP contribution in [0, 0.1) is 5.92 Å². The number of rotatable bonds is 7. The van der Waals surface area contributed by atoms with Crippen molar-refractivity contribution >= 4 is 33.4 Å². The van der Waals surface area contributed by atoms with Crippen LogP contribution < -0.4 is 5.32 Å². The van der Waals surface area contributed by atoms with E-state index in [2.05, 4.69) is 23.3 Å². The average molecular weight is 389 g/mol. The first kappa shape index (κ1) is 19.8. The van der Waals surface area contributed by atoms with Crippen LogP contribution >= 0.6 is 11.3 Å². The standard InChI is InChI=1S/C21H28N2O3S/c1-14-8-3-4-9-16(14)23-21(25)15(2)26-20(24)13-7-12-19-22-17-10-5-6-11-18(17)27-19/h5-6,10-11,14-16H,3-4,7-9,12-13H2,1-2H3,(H,23,25)/t14-,15+,16+/m0/s1. The molecule has 0 aliphatic heterocycles. The van der Waals surface area contributed by atoms with E-state index in [0.717, 1.165) is 40.9 Å². The number of carbonyl (C=O) groups excluding carboxylic acids is 2. The molecule has 3 rings (SSSR count). The summed E-state index contributed by atoms with van der Waals surface area (Å²) in [6.45, 7) is 3.82. The fraction of sp³-hybridized carbons (Fsp3) is 0.571. The largest absolute Gasteiger partial charge is 0.453 e. The minimum Gasteiger partial charge on any atom is -0.453 e. The van der Waals surface area contributed by atoms with Crippen molar-refractivity contribution in [2.24, 2.45) is 5.92 Å². The molecule has 1 aromatic heterocycles. The SMILES string of the molecule is C[C@@H](OC(=O)CCCc1nc2ccccc2s1)C(=O)N[C@@H]1CCCC[C@@H]1C. The maximum Gasteiger partial charge on any atom is 0.306 e. The lowest BCUT2D eigenvalue weighted by Gasteiger charge is -2.30. The van der Waals surface area contributed by atoms with Crippen LogP contribution in [0.25, 0.3) is 10.2 Å². The van der Waals surface area contributed by atoms with Gasteiger partial charge in [0.25, 0.3) is 5.91 Å². The Morgan fingerprint density at radius 3 is 2.85 bits per heavy atom. The van der Waals surface area contributed by atoms with Gasteiger partial charge in [-0.3, -0.25) is 9.59 Å². The molecule has 0 saturated heterocycles. The van der Waals surface area contributed by atoms with Crippen molar-refractivity contribution in [3.63, 3.8) is 0 Å². The number of ether oxygens (including phenoxy) is 1. The molecule has 1 amide bonds. The van der Waals surface area contributed by atoms with E-state index in [1.165, 1.54) is 6.42 Å². The minimum atomic E-state index is -0.742. The van der Waals surface area contributed by atoms with Crippen molar-refractivity contribution in [1.29, 1.82) is 0 Å². The van der Waals surface area contributed by atoms with Gasteiger partial charge in [-0.05, 0) is 50.7 Å². The zero-order valence-corrected chi connectivity index (χ0v) is 16.9. The number of nitrogens with zero attached hydrogens (tertiary/aromatic N) is 1. The Bertz CT molecular complexity index is 756. The molecule has 1 saturated carbocycles. The predicted octanol–water partition coefficient (Wildman–Crippen LogP) is 4.25. The van der Waals surface area contributed by atoms with E-state index < -0.39 is 6.10 Å². The first-order chi connectivity index (χ1) is 13.0. The van der Waals surface area contributed by atoms with Crippen LogP contribution in [0.4, 0.5) is 0 Å². The second kappa shape index (κ2) is 9.31. The molecule has 27 heavy (non-hydrogen) atoms. The second-order valence-electron chi connectivity index (χ2n) is 7.44. The van der Waals surface area contributed by atoms with Crippen LogP contribution in [0.3, 0.4) is 0 Å². The summed E-state index contributed by atoms with van der Waals surface area (Å²) in [7, 11) is 0. The lowest BCUT2D eigenvalue weighted by Crippen LogP contribution is -2.45. The number of aryl methyl sites for hydroxylation is 1. The molecule has 1 heterocycles. The number of thiazole rings is 1. The molecule has 1 aromatic carbocycles. The molecule has 1 aliphatic carbocycles. The summed E-state index contributed by atoms with van der Waals surface area (Å²) in [5.41, 5.74) is 1.00. The lowest BCUT2D eigenvalue weighted by molar-refractivity contribution is -0.155. The molecule has 1 fully saturated rings.